The van der Waals surface area contributed by atoms with Crippen molar-refractivity contribution < 1.29 is 9.53 Å². The third-order valence-electron chi connectivity index (χ3n) is 6.01. The fourth-order valence-corrected chi connectivity index (χ4v) is 4.35. The summed E-state index contributed by atoms with van der Waals surface area (Å²) in [5.74, 6) is 1.95. The molecule has 2 unspecified atom stereocenters. The number of halogens is 1. The molecule has 2 fully saturated rings. The van der Waals surface area contributed by atoms with Crippen molar-refractivity contribution in [3.8, 4) is 5.75 Å². The number of ether oxygens (including phenoxy) is 1. The molecule has 174 valence electrons. The maximum atomic E-state index is 12.0. The number of likely N-dealkylation sites (tertiary alicyclic amines) is 2. The fourth-order valence-electron chi connectivity index (χ4n) is 4.35. The molecule has 2 atom stereocenters. The molecule has 0 aromatic heterocycles. The number of carbonyl (C=O) groups excluding carboxylic acids is 1. The number of carbonyl (C=O) groups is 1. The molecule has 31 heavy (non-hydrogen) atoms. The highest BCUT2D eigenvalue weighted by molar-refractivity contribution is 14.0. The predicted octanol–water partition coefficient (Wildman–Crippen LogP) is 3.02. The lowest BCUT2D eigenvalue weighted by Gasteiger charge is -2.27. The van der Waals surface area contributed by atoms with E-state index in [0.717, 1.165) is 50.9 Å². The molecule has 0 aliphatic carbocycles. The van der Waals surface area contributed by atoms with Gasteiger partial charge >= 0.3 is 0 Å². The minimum Gasteiger partial charge on any atom is -0.497 e. The van der Waals surface area contributed by atoms with Gasteiger partial charge in [0.25, 0.3) is 0 Å². The first-order valence-electron chi connectivity index (χ1n) is 11.3. The average molecular weight is 543 g/mol. The van der Waals surface area contributed by atoms with Crippen LogP contribution in [0.1, 0.15) is 51.1 Å². The van der Waals surface area contributed by atoms with Crippen LogP contribution in [0, 0.1) is 0 Å². The van der Waals surface area contributed by atoms with Gasteiger partial charge in [0, 0.05) is 32.1 Å². The van der Waals surface area contributed by atoms with E-state index in [0.29, 0.717) is 13.0 Å². The first-order valence-corrected chi connectivity index (χ1v) is 11.3. The van der Waals surface area contributed by atoms with Gasteiger partial charge in [-0.25, -0.2) is 0 Å². The molecular weight excluding hydrogens is 505 g/mol. The summed E-state index contributed by atoms with van der Waals surface area (Å²) in [5.41, 5.74) is 1.25. The topological polar surface area (TPSA) is 69.2 Å². The van der Waals surface area contributed by atoms with Gasteiger partial charge < -0.3 is 20.3 Å². The molecule has 8 heteroatoms. The van der Waals surface area contributed by atoms with Crippen LogP contribution >= 0.6 is 24.0 Å². The number of aliphatic imine (C=N–C) groups is 1. The lowest BCUT2D eigenvalue weighted by atomic mass is 10.1. The van der Waals surface area contributed by atoms with E-state index in [9.17, 15) is 4.79 Å². The zero-order valence-electron chi connectivity index (χ0n) is 19.1. The molecule has 2 aliphatic rings. The summed E-state index contributed by atoms with van der Waals surface area (Å²) in [6.07, 6.45) is 4.01. The van der Waals surface area contributed by atoms with Crippen LogP contribution in [0.5, 0.6) is 5.75 Å². The largest absolute Gasteiger partial charge is 0.497 e. The third-order valence-corrected chi connectivity index (χ3v) is 6.01. The Morgan fingerprint density at radius 3 is 2.71 bits per heavy atom. The van der Waals surface area contributed by atoms with Crippen LogP contribution in [0.4, 0.5) is 0 Å². The van der Waals surface area contributed by atoms with Gasteiger partial charge in [-0.05, 0) is 57.0 Å². The highest BCUT2D eigenvalue weighted by Crippen LogP contribution is 2.28. The molecule has 0 bridgehead atoms. The number of nitrogens with zero attached hydrogens (tertiary/aromatic N) is 3. The van der Waals surface area contributed by atoms with Crippen molar-refractivity contribution in [3.05, 3.63) is 29.8 Å². The Labute approximate surface area is 204 Å². The highest BCUT2D eigenvalue weighted by Gasteiger charge is 2.27. The molecule has 0 spiro atoms. The van der Waals surface area contributed by atoms with E-state index in [4.69, 9.17) is 9.73 Å². The Morgan fingerprint density at radius 1 is 1.26 bits per heavy atom. The van der Waals surface area contributed by atoms with E-state index in [1.54, 1.807) is 7.11 Å². The Kier molecular flexibility index (Phi) is 10.9. The number of rotatable bonds is 8. The van der Waals surface area contributed by atoms with Gasteiger partial charge in [0.05, 0.1) is 19.7 Å². The van der Waals surface area contributed by atoms with E-state index in [1.807, 2.05) is 17.9 Å². The third kappa shape index (κ3) is 7.24. The van der Waals surface area contributed by atoms with Gasteiger partial charge in [-0.15, -0.1) is 24.0 Å². The van der Waals surface area contributed by atoms with Crippen molar-refractivity contribution >= 4 is 35.8 Å². The van der Waals surface area contributed by atoms with Gasteiger partial charge in [-0.1, -0.05) is 19.1 Å². The summed E-state index contributed by atoms with van der Waals surface area (Å²) < 4.78 is 5.45. The number of hydrogen-bond donors (Lipinski definition) is 2. The van der Waals surface area contributed by atoms with E-state index < -0.39 is 0 Å². The highest BCUT2D eigenvalue weighted by atomic mass is 127. The van der Waals surface area contributed by atoms with Crippen molar-refractivity contribution in [2.75, 3.05) is 46.4 Å². The molecule has 2 heterocycles. The van der Waals surface area contributed by atoms with Crippen molar-refractivity contribution in [1.82, 2.24) is 20.4 Å². The van der Waals surface area contributed by atoms with E-state index >= 15 is 0 Å². The molecule has 0 saturated carbocycles. The maximum absolute atomic E-state index is 12.0. The summed E-state index contributed by atoms with van der Waals surface area (Å²) in [7, 11) is 1.71. The smallest absolute Gasteiger partial charge is 0.222 e. The first kappa shape index (κ1) is 25.7. The lowest BCUT2D eigenvalue weighted by molar-refractivity contribution is -0.129. The molecule has 1 aromatic rings. The van der Waals surface area contributed by atoms with Crippen molar-refractivity contribution in [1.29, 1.82) is 0 Å². The van der Waals surface area contributed by atoms with Crippen LogP contribution in [0.2, 0.25) is 0 Å². The average Bonchev–Trinajstić information content (AvgIpc) is 3.46. The van der Waals surface area contributed by atoms with Crippen LogP contribution < -0.4 is 15.4 Å². The molecule has 1 amide bonds. The summed E-state index contributed by atoms with van der Waals surface area (Å²) in [6.45, 7) is 9.30. The molecule has 7 nitrogen and oxygen atoms in total. The standard InChI is InChI=1S/C23H37N5O2.HI/c1-4-22(29)28-14-11-19(17-28)26-23(24-5-2)25-16-21(27-12-6-7-13-27)18-9-8-10-20(15-18)30-3;/h8-10,15,19,21H,4-7,11-14,16-17H2,1-3H3,(H2,24,25,26);1H. The molecule has 2 aliphatic heterocycles. The monoisotopic (exact) mass is 543 g/mol. The Bertz CT molecular complexity index is 724. The zero-order valence-corrected chi connectivity index (χ0v) is 21.4. The van der Waals surface area contributed by atoms with Gasteiger partial charge in [0.2, 0.25) is 5.91 Å². The summed E-state index contributed by atoms with van der Waals surface area (Å²) in [5, 5.41) is 6.93. The van der Waals surface area contributed by atoms with E-state index in [-0.39, 0.29) is 42.0 Å². The molecule has 1 aromatic carbocycles. The fraction of sp³-hybridized carbons (Fsp3) is 0.652. The van der Waals surface area contributed by atoms with Crippen molar-refractivity contribution in [2.24, 2.45) is 4.99 Å². The van der Waals surface area contributed by atoms with Crippen LogP contribution in [0.25, 0.3) is 0 Å². The van der Waals surface area contributed by atoms with Crippen molar-refractivity contribution in [3.63, 3.8) is 0 Å². The van der Waals surface area contributed by atoms with Gasteiger partial charge in [0.15, 0.2) is 5.96 Å². The molecule has 0 radical (unpaired) electrons. The molecule has 2 N–H and O–H groups in total. The van der Waals surface area contributed by atoms with Crippen molar-refractivity contribution in [2.45, 2.75) is 51.6 Å². The van der Waals surface area contributed by atoms with Crippen LogP contribution in [-0.2, 0) is 4.79 Å². The molecule has 2 saturated heterocycles. The SMILES string of the molecule is CCNC(=NCC(c1cccc(OC)c1)N1CCCC1)NC1CCN(C(=O)CC)C1.I. The zero-order chi connectivity index (χ0) is 21.3. The number of methoxy groups -OCH3 is 1. The van der Waals surface area contributed by atoms with Gasteiger partial charge in [-0.3, -0.25) is 14.7 Å². The van der Waals surface area contributed by atoms with Gasteiger partial charge in [0.1, 0.15) is 5.75 Å². The maximum Gasteiger partial charge on any atom is 0.222 e. The van der Waals surface area contributed by atoms with Crippen LogP contribution in [0.15, 0.2) is 29.3 Å². The Morgan fingerprint density at radius 2 is 2.03 bits per heavy atom. The second kappa shape index (κ2) is 13.1. The van der Waals surface area contributed by atoms with E-state index in [1.165, 1.54) is 18.4 Å². The number of hydrogen-bond acceptors (Lipinski definition) is 4. The van der Waals surface area contributed by atoms with Crippen LogP contribution in [0.3, 0.4) is 0 Å². The summed E-state index contributed by atoms with van der Waals surface area (Å²) in [6, 6.07) is 8.84. The number of guanidine groups is 1. The van der Waals surface area contributed by atoms with Gasteiger partial charge in [-0.2, -0.15) is 0 Å². The number of benzene rings is 1. The quantitative estimate of drug-likeness (QED) is 0.300. The predicted molar refractivity (Wildman–Crippen MR) is 136 cm³/mol. The number of nitrogens with one attached hydrogen (secondary N) is 2. The van der Waals surface area contributed by atoms with E-state index in [2.05, 4.69) is 40.7 Å². The summed E-state index contributed by atoms with van der Waals surface area (Å²) in [4.78, 5) is 21.4. The summed E-state index contributed by atoms with van der Waals surface area (Å²) >= 11 is 0. The first-order chi connectivity index (χ1) is 14.6. The lowest BCUT2D eigenvalue weighted by Crippen LogP contribution is -2.45. The van der Waals surface area contributed by atoms with Crippen LogP contribution in [-0.4, -0.2) is 74.1 Å². The minimum atomic E-state index is 0. The second-order valence-corrected chi connectivity index (χ2v) is 8.08. The minimum absolute atomic E-state index is 0. The second-order valence-electron chi connectivity index (χ2n) is 8.08. The normalized spacial score (nSPS) is 20.3. The molecule has 3 rings (SSSR count). The number of amides is 1. The molecular formula is C23H38IN5O2. The Hall–Kier alpha value is -1.55. The Balaban J connectivity index is 0.00000341.